The fourth-order valence-corrected chi connectivity index (χ4v) is 3.36. The van der Waals surface area contributed by atoms with Crippen LogP contribution in [0.5, 0.6) is 5.75 Å². The molecule has 0 aliphatic carbocycles. The van der Waals surface area contributed by atoms with Crippen LogP contribution in [0.4, 0.5) is 0 Å². The minimum absolute atomic E-state index is 0.137. The number of piperidine rings is 1. The summed E-state index contributed by atoms with van der Waals surface area (Å²) in [5, 5.41) is 4.23. The third kappa shape index (κ3) is 2.65. The Morgan fingerprint density at radius 2 is 1.94 bits per heavy atom. The Balaban J connectivity index is 2.32. The summed E-state index contributed by atoms with van der Waals surface area (Å²) in [6.07, 6.45) is 1.16. The van der Waals surface area contributed by atoms with Gasteiger partial charge in [0.25, 0.3) is 0 Å². The maximum Gasteiger partial charge on any atom is 0.137 e. The van der Waals surface area contributed by atoms with Gasteiger partial charge < -0.3 is 10.1 Å². The van der Waals surface area contributed by atoms with Gasteiger partial charge in [-0.25, -0.2) is 0 Å². The predicted octanol–water partition coefficient (Wildman–Crippen LogP) is 3.63. The maximum atomic E-state index is 6.24. The Kier molecular flexibility index (Phi) is 3.61. The summed E-state index contributed by atoms with van der Waals surface area (Å²) in [6, 6.07) is 6.14. The van der Waals surface area contributed by atoms with Gasteiger partial charge in [-0.05, 0) is 29.5 Å². The first-order valence-corrected chi connectivity index (χ1v) is 6.79. The van der Waals surface area contributed by atoms with Crippen molar-refractivity contribution in [1.29, 1.82) is 0 Å². The topological polar surface area (TPSA) is 21.3 Å². The predicted molar refractivity (Wildman–Crippen MR) is 76.6 cm³/mol. The van der Waals surface area contributed by atoms with Crippen LogP contribution in [0, 0.1) is 5.41 Å². The summed E-state index contributed by atoms with van der Waals surface area (Å²) in [7, 11) is 1.65. The van der Waals surface area contributed by atoms with Crippen LogP contribution in [-0.2, 0) is 5.41 Å². The number of benzene rings is 1. The molecule has 0 bridgehead atoms. The van der Waals surface area contributed by atoms with Crippen LogP contribution in [0.1, 0.15) is 32.8 Å². The standard InChI is InChI=1S/C15H22ClNO/c1-14(2)8-15(3,10-17-9-14)11-5-6-13(18-4)12(16)7-11/h5-7,17H,8-10H2,1-4H3. The highest BCUT2D eigenvalue weighted by Crippen LogP contribution is 2.40. The molecule has 1 unspecified atom stereocenters. The zero-order chi connectivity index (χ0) is 13.4. The fourth-order valence-electron chi connectivity index (χ4n) is 3.10. The molecule has 3 heteroatoms. The molecule has 0 amide bonds. The molecule has 0 saturated carbocycles. The Hall–Kier alpha value is -0.730. The van der Waals surface area contributed by atoms with E-state index in [-0.39, 0.29) is 5.41 Å². The monoisotopic (exact) mass is 267 g/mol. The van der Waals surface area contributed by atoms with Gasteiger partial charge in [0, 0.05) is 18.5 Å². The second kappa shape index (κ2) is 4.75. The molecule has 1 aliphatic heterocycles. The Morgan fingerprint density at radius 3 is 2.50 bits per heavy atom. The number of ether oxygens (including phenoxy) is 1. The van der Waals surface area contributed by atoms with Gasteiger partial charge in [-0.15, -0.1) is 0 Å². The summed E-state index contributed by atoms with van der Waals surface area (Å²) in [6.45, 7) is 9.00. The summed E-state index contributed by atoms with van der Waals surface area (Å²) < 4.78 is 5.21. The average Bonchev–Trinajstić information content (AvgIpc) is 2.27. The first-order valence-electron chi connectivity index (χ1n) is 6.41. The van der Waals surface area contributed by atoms with Crippen LogP contribution in [-0.4, -0.2) is 20.2 Å². The molecular formula is C15H22ClNO. The summed E-state index contributed by atoms with van der Waals surface area (Å²) in [4.78, 5) is 0. The lowest BCUT2D eigenvalue weighted by molar-refractivity contribution is 0.180. The molecule has 1 aromatic rings. The molecule has 1 N–H and O–H groups in total. The van der Waals surface area contributed by atoms with Crippen LogP contribution < -0.4 is 10.1 Å². The number of methoxy groups -OCH3 is 1. The minimum Gasteiger partial charge on any atom is -0.495 e. The van der Waals surface area contributed by atoms with E-state index < -0.39 is 0 Å². The number of hydrogen-bond donors (Lipinski definition) is 1. The molecule has 2 rings (SSSR count). The van der Waals surface area contributed by atoms with Crippen molar-refractivity contribution in [2.24, 2.45) is 5.41 Å². The van der Waals surface area contributed by atoms with Crippen LogP contribution in [0.25, 0.3) is 0 Å². The van der Waals surface area contributed by atoms with Gasteiger partial charge in [-0.2, -0.15) is 0 Å². The number of hydrogen-bond acceptors (Lipinski definition) is 2. The largest absolute Gasteiger partial charge is 0.495 e. The average molecular weight is 268 g/mol. The van der Waals surface area contributed by atoms with Crippen molar-refractivity contribution < 1.29 is 4.74 Å². The lowest BCUT2D eigenvalue weighted by Gasteiger charge is -2.43. The van der Waals surface area contributed by atoms with Gasteiger partial charge in [-0.3, -0.25) is 0 Å². The molecule has 1 atom stereocenters. The third-order valence-electron chi connectivity index (χ3n) is 3.84. The maximum absolute atomic E-state index is 6.24. The Labute approximate surface area is 115 Å². The van der Waals surface area contributed by atoms with Crippen molar-refractivity contribution in [3.8, 4) is 5.75 Å². The van der Waals surface area contributed by atoms with Crippen molar-refractivity contribution in [2.45, 2.75) is 32.6 Å². The van der Waals surface area contributed by atoms with Gasteiger partial charge in [-0.1, -0.05) is 38.4 Å². The smallest absolute Gasteiger partial charge is 0.137 e. The molecule has 18 heavy (non-hydrogen) atoms. The lowest BCUT2D eigenvalue weighted by atomic mass is 9.67. The molecule has 1 heterocycles. The van der Waals surface area contributed by atoms with Gasteiger partial charge in [0.1, 0.15) is 5.75 Å². The molecule has 0 aromatic heterocycles. The highest BCUT2D eigenvalue weighted by Gasteiger charge is 2.37. The van der Waals surface area contributed by atoms with E-state index in [2.05, 4.69) is 32.2 Å². The molecular weight excluding hydrogens is 246 g/mol. The first kappa shape index (κ1) is 13.7. The molecule has 0 radical (unpaired) electrons. The highest BCUT2D eigenvalue weighted by atomic mass is 35.5. The normalized spacial score (nSPS) is 26.9. The molecule has 1 saturated heterocycles. The third-order valence-corrected chi connectivity index (χ3v) is 4.13. The van der Waals surface area contributed by atoms with E-state index in [0.717, 1.165) is 25.3 Å². The van der Waals surface area contributed by atoms with Crippen molar-refractivity contribution >= 4 is 11.6 Å². The van der Waals surface area contributed by atoms with Crippen molar-refractivity contribution in [3.05, 3.63) is 28.8 Å². The van der Waals surface area contributed by atoms with E-state index in [1.165, 1.54) is 5.56 Å². The molecule has 0 spiro atoms. The molecule has 1 aromatic carbocycles. The van der Waals surface area contributed by atoms with Crippen molar-refractivity contribution in [3.63, 3.8) is 0 Å². The first-order chi connectivity index (χ1) is 8.36. The highest BCUT2D eigenvalue weighted by molar-refractivity contribution is 6.32. The van der Waals surface area contributed by atoms with Crippen LogP contribution in [0.15, 0.2) is 18.2 Å². The molecule has 100 valence electrons. The lowest BCUT2D eigenvalue weighted by Crippen LogP contribution is -2.49. The second-order valence-electron chi connectivity index (χ2n) is 6.35. The Bertz CT molecular complexity index is 444. The van der Waals surface area contributed by atoms with Gasteiger partial charge in [0.15, 0.2) is 0 Å². The number of nitrogens with one attached hydrogen (secondary N) is 1. The van der Waals surface area contributed by atoms with Gasteiger partial charge in [0.2, 0.25) is 0 Å². The minimum atomic E-state index is 0.137. The summed E-state index contributed by atoms with van der Waals surface area (Å²) in [5.41, 5.74) is 1.74. The van der Waals surface area contributed by atoms with Gasteiger partial charge >= 0.3 is 0 Å². The second-order valence-corrected chi connectivity index (χ2v) is 6.76. The summed E-state index contributed by atoms with van der Waals surface area (Å²) in [5.74, 6) is 0.743. The van der Waals surface area contributed by atoms with E-state index >= 15 is 0 Å². The molecule has 1 fully saturated rings. The molecule has 1 aliphatic rings. The zero-order valence-corrected chi connectivity index (χ0v) is 12.4. The summed E-state index contributed by atoms with van der Waals surface area (Å²) >= 11 is 6.24. The number of halogens is 1. The van der Waals surface area contributed by atoms with Crippen LogP contribution in [0.3, 0.4) is 0 Å². The fraction of sp³-hybridized carbons (Fsp3) is 0.600. The van der Waals surface area contributed by atoms with E-state index in [9.17, 15) is 0 Å². The zero-order valence-electron chi connectivity index (χ0n) is 11.6. The van der Waals surface area contributed by atoms with E-state index in [4.69, 9.17) is 16.3 Å². The molecule has 2 nitrogen and oxygen atoms in total. The van der Waals surface area contributed by atoms with Crippen molar-refractivity contribution in [1.82, 2.24) is 5.32 Å². The Morgan fingerprint density at radius 1 is 1.22 bits per heavy atom. The van der Waals surface area contributed by atoms with Crippen molar-refractivity contribution in [2.75, 3.05) is 20.2 Å². The van der Waals surface area contributed by atoms with Crippen LogP contribution >= 0.6 is 11.6 Å². The number of rotatable bonds is 2. The van der Waals surface area contributed by atoms with E-state index in [1.54, 1.807) is 7.11 Å². The van der Waals surface area contributed by atoms with E-state index in [1.807, 2.05) is 12.1 Å². The van der Waals surface area contributed by atoms with Crippen LogP contribution in [0.2, 0.25) is 5.02 Å². The van der Waals surface area contributed by atoms with Gasteiger partial charge in [0.05, 0.1) is 12.1 Å². The quantitative estimate of drug-likeness (QED) is 0.884. The van der Waals surface area contributed by atoms with E-state index in [0.29, 0.717) is 10.4 Å². The SMILES string of the molecule is COc1ccc(C2(C)CNCC(C)(C)C2)cc1Cl.